The Hall–Kier alpha value is 0.440. The molecular weight excluding hydrogens is 132 g/mol. The molecule has 0 saturated heterocycles. The lowest BCUT2D eigenvalue weighted by atomic mass is 10.5. The van der Waals surface area contributed by atoms with Gasteiger partial charge in [-0.3, -0.25) is 0 Å². The highest BCUT2D eigenvalue weighted by atomic mass is 79.9. The van der Waals surface area contributed by atoms with Crippen molar-refractivity contribution < 1.29 is 5.11 Å². The molecule has 0 aliphatic heterocycles. The van der Waals surface area contributed by atoms with Gasteiger partial charge in [-0.05, 0) is 6.42 Å². The van der Waals surface area contributed by atoms with Gasteiger partial charge in [0.05, 0.1) is 6.61 Å². The quantitative estimate of drug-likeness (QED) is 0.570. The number of halogens is 1. The highest BCUT2D eigenvalue weighted by Crippen LogP contribution is 1.85. The number of aliphatic hydroxyl groups is 1. The van der Waals surface area contributed by atoms with Crippen LogP contribution in [0.5, 0.6) is 0 Å². The van der Waals surface area contributed by atoms with Crippen LogP contribution in [0.2, 0.25) is 0 Å². The fourth-order valence-corrected chi connectivity index (χ4v) is 0.254. The van der Waals surface area contributed by atoms with Gasteiger partial charge in [0.25, 0.3) is 0 Å². The van der Waals surface area contributed by atoms with Gasteiger partial charge in [0.2, 0.25) is 0 Å². The van der Waals surface area contributed by atoms with E-state index in [1.807, 2.05) is 0 Å². The van der Waals surface area contributed by atoms with E-state index in [0.29, 0.717) is 0 Å². The van der Waals surface area contributed by atoms with Crippen molar-refractivity contribution in [3.8, 4) is 0 Å². The second-order valence-electron chi connectivity index (χ2n) is 0.660. The van der Waals surface area contributed by atoms with E-state index in [0.717, 1.165) is 18.4 Å². The molecule has 31 valence electrons. The largest absolute Gasteiger partial charge is 0.390 e. The maximum atomic E-state index is 7.91. The molecule has 0 amide bonds. The summed E-state index contributed by atoms with van der Waals surface area (Å²) in [5, 5.41) is 8.76. The summed E-state index contributed by atoms with van der Waals surface area (Å²) in [5.74, 6) is 0. The average molecular weight is 138 g/mol. The monoisotopic (exact) mass is 137 g/mol. The summed E-state index contributed by atoms with van der Waals surface area (Å²) in [6.45, 7) is 1.13. The van der Waals surface area contributed by atoms with E-state index in [4.69, 9.17) is 5.11 Å². The van der Waals surface area contributed by atoms with Crippen LogP contribution in [0.3, 0.4) is 0 Å². The molecule has 0 aliphatic rings. The summed E-state index contributed by atoms with van der Waals surface area (Å²) in [5.41, 5.74) is 0. The molecule has 0 bridgehead atoms. The van der Waals surface area contributed by atoms with Gasteiger partial charge in [0.15, 0.2) is 0 Å². The van der Waals surface area contributed by atoms with Gasteiger partial charge in [-0.15, -0.1) is 0 Å². The minimum absolute atomic E-state index is 0.736. The van der Waals surface area contributed by atoms with E-state index in [1.54, 1.807) is 0 Å². The third-order valence-corrected chi connectivity index (χ3v) is 0.696. The SMILES string of the molecule is O[CH]CCBr. The van der Waals surface area contributed by atoms with Crippen LogP contribution in [0.4, 0.5) is 0 Å². The number of rotatable bonds is 2. The molecule has 1 N–H and O–H groups in total. The van der Waals surface area contributed by atoms with Crippen molar-refractivity contribution in [2.45, 2.75) is 6.42 Å². The van der Waals surface area contributed by atoms with Crippen molar-refractivity contribution in [1.82, 2.24) is 0 Å². The van der Waals surface area contributed by atoms with Crippen LogP contribution in [-0.4, -0.2) is 10.4 Å². The first kappa shape index (κ1) is 5.44. The van der Waals surface area contributed by atoms with Crippen molar-refractivity contribution in [3.63, 3.8) is 0 Å². The third-order valence-electron chi connectivity index (χ3n) is 0.238. The van der Waals surface area contributed by atoms with Crippen LogP contribution < -0.4 is 0 Å². The van der Waals surface area contributed by atoms with Crippen molar-refractivity contribution in [3.05, 3.63) is 6.61 Å². The second-order valence-corrected chi connectivity index (χ2v) is 1.45. The van der Waals surface area contributed by atoms with Crippen molar-refractivity contribution in [1.29, 1.82) is 0 Å². The van der Waals surface area contributed by atoms with Gasteiger partial charge >= 0.3 is 0 Å². The lowest BCUT2D eigenvalue weighted by molar-refractivity contribution is 0.383. The molecule has 1 radical (unpaired) electrons. The molecule has 0 atom stereocenters. The molecule has 0 heterocycles. The molecule has 1 nitrogen and oxygen atoms in total. The van der Waals surface area contributed by atoms with Crippen molar-refractivity contribution >= 4 is 15.9 Å². The Balaban J connectivity index is 2.19. The summed E-state index contributed by atoms with van der Waals surface area (Å²) in [6, 6.07) is 0. The zero-order valence-electron chi connectivity index (χ0n) is 2.82. The topological polar surface area (TPSA) is 20.2 Å². The summed E-state index contributed by atoms with van der Waals surface area (Å²) >= 11 is 3.12. The lowest BCUT2D eigenvalue weighted by Crippen LogP contribution is -1.70. The summed E-state index contributed by atoms with van der Waals surface area (Å²) in [4.78, 5) is 0. The summed E-state index contributed by atoms with van der Waals surface area (Å²) < 4.78 is 0. The Morgan fingerprint density at radius 2 is 2.40 bits per heavy atom. The molecule has 0 aromatic carbocycles. The van der Waals surface area contributed by atoms with E-state index < -0.39 is 0 Å². The van der Waals surface area contributed by atoms with Gasteiger partial charge in [0.1, 0.15) is 0 Å². The zero-order valence-corrected chi connectivity index (χ0v) is 4.40. The smallest absolute Gasteiger partial charge is 0.0807 e. The number of aliphatic hydroxyl groups excluding tert-OH is 1. The van der Waals surface area contributed by atoms with E-state index in [1.165, 1.54) is 0 Å². The molecule has 2 heteroatoms. The predicted molar refractivity (Wildman–Crippen MR) is 24.6 cm³/mol. The highest BCUT2D eigenvalue weighted by molar-refractivity contribution is 9.09. The van der Waals surface area contributed by atoms with Crippen molar-refractivity contribution in [2.24, 2.45) is 0 Å². The van der Waals surface area contributed by atoms with E-state index in [-0.39, 0.29) is 0 Å². The Kier molecular flexibility index (Phi) is 4.83. The zero-order chi connectivity index (χ0) is 4.12. The molecule has 0 aromatic rings. The Morgan fingerprint density at radius 1 is 1.80 bits per heavy atom. The molecule has 0 unspecified atom stereocenters. The maximum absolute atomic E-state index is 7.91. The number of hydrogen-bond donors (Lipinski definition) is 1. The minimum atomic E-state index is 0.736. The standard InChI is InChI=1S/C3H6BrO/c4-2-1-3-5/h3,5H,1-2H2. The minimum Gasteiger partial charge on any atom is -0.390 e. The van der Waals surface area contributed by atoms with Gasteiger partial charge in [-0.2, -0.15) is 0 Å². The van der Waals surface area contributed by atoms with Crippen LogP contribution in [0.1, 0.15) is 6.42 Å². The maximum Gasteiger partial charge on any atom is 0.0807 e. The number of alkyl halides is 1. The van der Waals surface area contributed by atoms with Gasteiger partial charge in [0, 0.05) is 5.33 Å². The predicted octanol–water partition coefficient (Wildman–Crippen LogP) is 1.31. The molecule has 0 rings (SSSR count). The van der Waals surface area contributed by atoms with Gasteiger partial charge in [-0.1, -0.05) is 15.9 Å². The highest BCUT2D eigenvalue weighted by Gasteiger charge is 1.72. The van der Waals surface area contributed by atoms with Crippen LogP contribution in [0, 0.1) is 6.61 Å². The fraction of sp³-hybridized carbons (Fsp3) is 0.667. The molecule has 0 saturated carbocycles. The van der Waals surface area contributed by atoms with Gasteiger partial charge in [-0.25, -0.2) is 0 Å². The molecule has 5 heavy (non-hydrogen) atoms. The Bertz CT molecular complexity index is 14.4. The van der Waals surface area contributed by atoms with Crippen LogP contribution in [0.15, 0.2) is 0 Å². The van der Waals surface area contributed by atoms with E-state index >= 15 is 0 Å². The Morgan fingerprint density at radius 3 is 2.40 bits per heavy atom. The van der Waals surface area contributed by atoms with E-state index in [2.05, 4.69) is 15.9 Å². The summed E-state index contributed by atoms with van der Waals surface area (Å²) in [6.07, 6.45) is 0.736. The first-order chi connectivity index (χ1) is 2.41. The molecular formula is C3H6BrO. The van der Waals surface area contributed by atoms with Crippen LogP contribution >= 0.6 is 15.9 Å². The molecule has 0 spiro atoms. The second kappa shape index (κ2) is 4.44. The van der Waals surface area contributed by atoms with Crippen LogP contribution in [-0.2, 0) is 0 Å². The first-order valence-corrected chi connectivity index (χ1v) is 2.56. The molecule has 0 aromatic heterocycles. The first-order valence-electron chi connectivity index (χ1n) is 1.43. The Labute approximate surface area is 40.1 Å². The van der Waals surface area contributed by atoms with Crippen molar-refractivity contribution in [2.75, 3.05) is 5.33 Å². The fourth-order valence-electron chi connectivity index (χ4n) is 0.0488. The van der Waals surface area contributed by atoms with E-state index in [9.17, 15) is 0 Å². The van der Waals surface area contributed by atoms with Crippen LogP contribution in [0.25, 0.3) is 0 Å². The normalized spacial score (nSPS) is 8.40. The van der Waals surface area contributed by atoms with Gasteiger partial charge < -0.3 is 5.11 Å². The average Bonchev–Trinajstić information content (AvgIpc) is 1.41. The summed E-state index contributed by atoms with van der Waals surface area (Å²) in [7, 11) is 0. The third kappa shape index (κ3) is 4.44. The lowest BCUT2D eigenvalue weighted by Gasteiger charge is -1.76. The molecule has 0 fully saturated rings. The molecule has 0 aliphatic carbocycles. The number of hydrogen-bond acceptors (Lipinski definition) is 1.